The van der Waals surface area contributed by atoms with Crippen molar-refractivity contribution in [3.63, 3.8) is 0 Å². The van der Waals surface area contributed by atoms with Gasteiger partial charge in [-0.05, 0) is 37.2 Å². The number of Topliss-reactive ketones (excluding diaryl/α,β-unsaturated/α-hetero) is 1. The van der Waals surface area contributed by atoms with Gasteiger partial charge >= 0.3 is 0 Å². The van der Waals surface area contributed by atoms with Crippen molar-refractivity contribution in [2.45, 2.75) is 18.9 Å². The lowest BCUT2D eigenvalue weighted by Gasteiger charge is -2.43. The van der Waals surface area contributed by atoms with Crippen LogP contribution >= 0.6 is 0 Å². The number of likely N-dealkylation sites (tertiary alicyclic amines) is 1. The summed E-state index contributed by atoms with van der Waals surface area (Å²) in [6, 6.07) is 4.28. The van der Waals surface area contributed by atoms with Gasteiger partial charge in [-0.3, -0.25) is 9.69 Å². The Morgan fingerprint density at radius 2 is 1.84 bits per heavy atom. The fraction of sp³-hybridized carbons (Fsp3) is 0.500. The number of carbonyl (C=O) groups excluding carboxylic acids is 1. The molecule has 0 saturated carbocycles. The first kappa shape index (κ1) is 20.3. The largest absolute Gasteiger partial charge is 0.363 e. The van der Waals surface area contributed by atoms with Crippen molar-refractivity contribution in [2.75, 3.05) is 62.6 Å². The monoisotopic (exact) mass is 428 g/mol. The summed E-state index contributed by atoms with van der Waals surface area (Å²) in [5.74, 6) is 0.0828. The molecule has 0 amide bonds. The lowest BCUT2D eigenvalue weighted by molar-refractivity contribution is -0.117. The molecule has 2 saturated heterocycles. The molecule has 31 heavy (non-hydrogen) atoms. The van der Waals surface area contributed by atoms with E-state index in [4.69, 9.17) is 0 Å². The van der Waals surface area contributed by atoms with Gasteiger partial charge in [0.2, 0.25) is 0 Å². The highest BCUT2D eigenvalue weighted by Gasteiger charge is 2.31. The summed E-state index contributed by atoms with van der Waals surface area (Å²) in [7, 11) is 0. The van der Waals surface area contributed by atoms with Crippen molar-refractivity contribution in [2.24, 2.45) is 0 Å². The second kappa shape index (κ2) is 8.47. The van der Waals surface area contributed by atoms with Crippen LogP contribution in [0.2, 0.25) is 0 Å². The molecule has 9 heteroatoms. The van der Waals surface area contributed by atoms with E-state index in [2.05, 4.69) is 30.0 Å². The van der Waals surface area contributed by atoms with Gasteiger partial charge in [0.05, 0.1) is 6.54 Å². The smallest absolute Gasteiger partial charge is 0.159 e. The van der Waals surface area contributed by atoms with E-state index in [9.17, 15) is 13.6 Å². The van der Waals surface area contributed by atoms with Crippen molar-refractivity contribution >= 4 is 17.4 Å². The topological polar surface area (TPSA) is 64.6 Å². The summed E-state index contributed by atoms with van der Waals surface area (Å²) in [5, 5.41) is 3.08. The number of nitrogens with zero attached hydrogens (tertiary/aromatic N) is 5. The van der Waals surface area contributed by atoms with Crippen molar-refractivity contribution in [1.82, 2.24) is 19.8 Å². The predicted molar refractivity (Wildman–Crippen MR) is 113 cm³/mol. The van der Waals surface area contributed by atoms with Gasteiger partial charge in [0.1, 0.15) is 18.0 Å². The maximum absolute atomic E-state index is 14.0. The zero-order chi connectivity index (χ0) is 21.4. The first-order chi connectivity index (χ1) is 15.1. The fourth-order valence-corrected chi connectivity index (χ4v) is 4.64. The second-order valence-electron chi connectivity index (χ2n) is 8.46. The number of hydrogen-bond acceptors (Lipinski definition) is 7. The zero-order valence-electron chi connectivity index (χ0n) is 17.4. The van der Waals surface area contributed by atoms with E-state index in [1.807, 2.05) is 0 Å². The molecule has 0 radical (unpaired) electrons. The quantitative estimate of drug-likeness (QED) is 0.780. The van der Waals surface area contributed by atoms with Crippen LogP contribution in [0.3, 0.4) is 0 Å². The number of hydrogen-bond donors (Lipinski definition) is 1. The summed E-state index contributed by atoms with van der Waals surface area (Å²) < 4.78 is 27.5. The Kier molecular flexibility index (Phi) is 5.54. The number of carbonyl (C=O) groups is 1. The average Bonchev–Trinajstić information content (AvgIpc) is 2.75. The molecule has 1 N–H and O–H groups in total. The van der Waals surface area contributed by atoms with E-state index in [0.717, 1.165) is 68.6 Å². The normalized spacial score (nSPS) is 20.7. The summed E-state index contributed by atoms with van der Waals surface area (Å²) in [5.41, 5.74) is 1.68. The van der Waals surface area contributed by atoms with Crippen LogP contribution < -0.4 is 10.2 Å². The van der Waals surface area contributed by atoms with Gasteiger partial charge in [-0.15, -0.1) is 0 Å². The van der Waals surface area contributed by atoms with Crippen LogP contribution in [0, 0.1) is 11.6 Å². The van der Waals surface area contributed by atoms with E-state index >= 15 is 0 Å². The Hall–Kier alpha value is -2.65. The van der Waals surface area contributed by atoms with Crippen LogP contribution in [0.4, 0.5) is 20.4 Å². The molecule has 1 aromatic heterocycles. The Labute approximate surface area is 180 Å². The minimum Gasteiger partial charge on any atom is -0.363 e. The van der Waals surface area contributed by atoms with Crippen LogP contribution in [0.15, 0.2) is 24.5 Å². The molecule has 1 unspecified atom stereocenters. The van der Waals surface area contributed by atoms with Crippen LogP contribution in [0.1, 0.15) is 23.6 Å². The molecule has 164 valence electrons. The Bertz CT molecular complexity index is 974. The van der Waals surface area contributed by atoms with Crippen LogP contribution in [0.25, 0.3) is 0 Å². The highest BCUT2D eigenvalue weighted by molar-refractivity contribution is 5.90. The minimum atomic E-state index is -0.812. The van der Waals surface area contributed by atoms with Gasteiger partial charge in [0.15, 0.2) is 17.4 Å². The summed E-state index contributed by atoms with van der Waals surface area (Å²) >= 11 is 0. The van der Waals surface area contributed by atoms with Crippen LogP contribution in [0.5, 0.6) is 0 Å². The van der Waals surface area contributed by atoms with E-state index in [0.29, 0.717) is 13.0 Å². The second-order valence-corrected chi connectivity index (χ2v) is 8.46. The minimum absolute atomic E-state index is 0.0140. The molecule has 5 rings (SSSR count). The fourth-order valence-electron chi connectivity index (χ4n) is 4.64. The number of rotatable bonds is 5. The number of aromatic nitrogens is 2. The lowest BCUT2D eigenvalue weighted by Crippen LogP contribution is -2.51. The number of nitrogens with one attached hydrogen (secondary N) is 1. The molecule has 7 nitrogen and oxygen atoms in total. The Morgan fingerprint density at radius 3 is 2.55 bits per heavy atom. The van der Waals surface area contributed by atoms with Gasteiger partial charge in [-0.2, -0.15) is 0 Å². The lowest BCUT2D eigenvalue weighted by atomic mass is 10.0. The molecule has 2 fully saturated rings. The third-order valence-electron chi connectivity index (χ3n) is 6.51. The molecular formula is C22H26F2N6O. The van der Waals surface area contributed by atoms with Gasteiger partial charge in [0, 0.05) is 50.7 Å². The Morgan fingerprint density at radius 1 is 1.03 bits per heavy atom. The standard InChI is InChI=1S/C22H26F2N6O/c23-18-3-2-15(10-19(18)24)20(13-28-4-1-5-28)29-6-8-30(9-7-29)22-17-11-16(31)12-25-21(17)26-14-27-22/h2-3,10,14,20H,1,4-9,11-13H2,(H,25,26,27). The van der Waals surface area contributed by atoms with Crippen molar-refractivity contribution < 1.29 is 13.6 Å². The molecular weight excluding hydrogens is 402 g/mol. The SMILES string of the molecule is O=C1CNc2ncnc(N3CCN(C(CN4CCC4)c4ccc(F)c(F)c4)CC3)c2C1. The molecule has 1 atom stereocenters. The molecule has 0 bridgehead atoms. The van der Waals surface area contributed by atoms with Crippen molar-refractivity contribution in [1.29, 1.82) is 0 Å². The van der Waals surface area contributed by atoms with E-state index < -0.39 is 11.6 Å². The summed E-state index contributed by atoms with van der Waals surface area (Å²) in [4.78, 5) is 27.6. The maximum Gasteiger partial charge on any atom is 0.159 e. The molecule has 0 aliphatic carbocycles. The first-order valence-corrected chi connectivity index (χ1v) is 10.8. The zero-order valence-corrected chi connectivity index (χ0v) is 17.4. The van der Waals surface area contributed by atoms with E-state index in [1.54, 1.807) is 6.07 Å². The van der Waals surface area contributed by atoms with Gasteiger partial charge in [-0.25, -0.2) is 18.7 Å². The third kappa shape index (κ3) is 4.12. The highest BCUT2D eigenvalue weighted by Crippen LogP contribution is 2.30. The molecule has 3 aliphatic heterocycles. The number of benzene rings is 1. The van der Waals surface area contributed by atoms with Gasteiger partial charge in [-0.1, -0.05) is 6.07 Å². The first-order valence-electron chi connectivity index (χ1n) is 10.8. The number of piperazine rings is 1. The number of ketones is 1. The molecule has 2 aromatic rings. The summed E-state index contributed by atoms with van der Waals surface area (Å²) in [6.07, 6.45) is 3.08. The van der Waals surface area contributed by atoms with Gasteiger partial charge in [0.25, 0.3) is 0 Å². The van der Waals surface area contributed by atoms with Gasteiger partial charge < -0.3 is 15.1 Å². The molecule has 3 aliphatic rings. The average molecular weight is 428 g/mol. The van der Waals surface area contributed by atoms with Crippen molar-refractivity contribution in [3.05, 3.63) is 47.3 Å². The molecule has 4 heterocycles. The highest BCUT2D eigenvalue weighted by atomic mass is 19.2. The summed E-state index contributed by atoms with van der Waals surface area (Å²) in [6.45, 7) is 6.27. The van der Waals surface area contributed by atoms with Crippen LogP contribution in [-0.2, 0) is 11.2 Å². The number of halogens is 2. The predicted octanol–water partition coefficient (Wildman–Crippen LogP) is 1.86. The number of anilines is 2. The van der Waals surface area contributed by atoms with E-state index in [1.165, 1.54) is 24.9 Å². The van der Waals surface area contributed by atoms with Crippen LogP contribution in [-0.4, -0.2) is 77.9 Å². The van der Waals surface area contributed by atoms with E-state index in [-0.39, 0.29) is 11.8 Å². The Balaban J connectivity index is 1.33. The third-order valence-corrected chi connectivity index (χ3v) is 6.51. The molecule has 0 spiro atoms. The van der Waals surface area contributed by atoms with Crippen molar-refractivity contribution in [3.8, 4) is 0 Å². The maximum atomic E-state index is 14.0. The molecule has 1 aromatic carbocycles. The number of fused-ring (bicyclic) bond motifs is 1.